The molecule has 2 heterocycles. The molecule has 2 aliphatic heterocycles. The van der Waals surface area contributed by atoms with Crippen LogP contribution in [-0.2, 0) is 31.4 Å². The molecule has 2 amide bonds. The van der Waals surface area contributed by atoms with Gasteiger partial charge in [-0.25, -0.2) is 0 Å². The molecule has 0 bridgehead atoms. The summed E-state index contributed by atoms with van der Waals surface area (Å²) in [7, 11) is 0. The minimum absolute atomic E-state index is 0.0434. The second-order valence-electron chi connectivity index (χ2n) is 6.43. The molecule has 0 spiro atoms. The van der Waals surface area contributed by atoms with Crippen LogP contribution in [0.15, 0.2) is 24.3 Å². The van der Waals surface area contributed by atoms with Crippen molar-refractivity contribution in [2.75, 3.05) is 13.2 Å². The second kappa shape index (κ2) is 7.32. The second-order valence-corrected chi connectivity index (χ2v) is 6.43. The summed E-state index contributed by atoms with van der Waals surface area (Å²) in [4.78, 5) is 23.9. The van der Waals surface area contributed by atoms with Crippen molar-refractivity contribution in [1.29, 1.82) is 0 Å². The van der Waals surface area contributed by atoms with Gasteiger partial charge in [-0.2, -0.15) is 0 Å². The zero-order chi connectivity index (χ0) is 17.0. The highest BCUT2D eigenvalue weighted by Crippen LogP contribution is 2.31. The van der Waals surface area contributed by atoms with Gasteiger partial charge in [0.2, 0.25) is 11.8 Å². The van der Waals surface area contributed by atoms with E-state index < -0.39 is 11.8 Å². The molecular weight excluding hydrogens is 308 g/mol. The van der Waals surface area contributed by atoms with Gasteiger partial charge in [0.05, 0.1) is 13.2 Å². The Hall–Kier alpha value is -1.92. The van der Waals surface area contributed by atoms with Crippen molar-refractivity contribution in [2.24, 2.45) is 0 Å². The average Bonchev–Trinajstić information content (AvgIpc) is 2.92. The van der Waals surface area contributed by atoms with Gasteiger partial charge in [-0.05, 0) is 31.4 Å². The van der Waals surface area contributed by atoms with E-state index in [-0.39, 0.29) is 11.8 Å². The van der Waals surface area contributed by atoms with Gasteiger partial charge >= 0.3 is 0 Å². The molecule has 24 heavy (non-hydrogen) atoms. The van der Waals surface area contributed by atoms with Gasteiger partial charge < -0.3 is 20.1 Å². The van der Waals surface area contributed by atoms with Crippen molar-refractivity contribution in [3.05, 3.63) is 35.4 Å². The van der Waals surface area contributed by atoms with Crippen LogP contribution in [0.2, 0.25) is 0 Å². The van der Waals surface area contributed by atoms with Gasteiger partial charge in [-0.3, -0.25) is 9.59 Å². The van der Waals surface area contributed by atoms with Crippen LogP contribution in [0.25, 0.3) is 0 Å². The SMILES string of the molecule is CC1(c2cccc(CNC(=O)[C@H]3CCCCC(=O)N3)c2)OCCO1. The molecule has 1 atom stereocenters. The maximum atomic E-state index is 12.3. The quantitative estimate of drug-likeness (QED) is 0.878. The monoisotopic (exact) mass is 332 g/mol. The topological polar surface area (TPSA) is 76.7 Å². The fraction of sp³-hybridized carbons (Fsp3) is 0.556. The Labute approximate surface area is 141 Å². The molecular formula is C18H24N2O4. The lowest BCUT2D eigenvalue weighted by atomic mass is 10.0. The summed E-state index contributed by atoms with van der Waals surface area (Å²) in [6.07, 6.45) is 2.93. The van der Waals surface area contributed by atoms with Crippen LogP contribution in [0.4, 0.5) is 0 Å². The van der Waals surface area contributed by atoms with Crippen LogP contribution >= 0.6 is 0 Å². The van der Waals surface area contributed by atoms with E-state index in [9.17, 15) is 9.59 Å². The first-order valence-electron chi connectivity index (χ1n) is 8.51. The normalized spacial score (nSPS) is 23.4. The first-order chi connectivity index (χ1) is 11.6. The van der Waals surface area contributed by atoms with Crippen LogP contribution in [0.5, 0.6) is 0 Å². The molecule has 0 aromatic heterocycles. The third kappa shape index (κ3) is 3.94. The zero-order valence-electron chi connectivity index (χ0n) is 14.0. The molecule has 2 saturated heterocycles. The molecule has 1 aromatic rings. The third-order valence-corrected chi connectivity index (χ3v) is 4.55. The predicted molar refractivity (Wildman–Crippen MR) is 87.9 cm³/mol. The van der Waals surface area contributed by atoms with Gasteiger partial charge in [0.15, 0.2) is 5.79 Å². The van der Waals surface area contributed by atoms with Crippen LogP contribution in [0.1, 0.15) is 43.7 Å². The Morgan fingerprint density at radius 1 is 1.33 bits per heavy atom. The Morgan fingerprint density at radius 3 is 2.92 bits per heavy atom. The van der Waals surface area contributed by atoms with Gasteiger partial charge in [-0.15, -0.1) is 0 Å². The molecule has 0 radical (unpaired) electrons. The maximum absolute atomic E-state index is 12.3. The number of amides is 2. The number of rotatable bonds is 4. The molecule has 3 rings (SSSR count). The summed E-state index contributed by atoms with van der Waals surface area (Å²) in [5, 5.41) is 5.70. The molecule has 6 nitrogen and oxygen atoms in total. The highest BCUT2D eigenvalue weighted by Gasteiger charge is 2.33. The average molecular weight is 332 g/mol. The van der Waals surface area contributed by atoms with E-state index in [0.717, 1.165) is 24.0 Å². The summed E-state index contributed by atoms with van der Waals surface area (Å²) in [6, 6.07) is 7.40. The molecule has 130 valence electrons. The first kappa shape index (κ1) is 16.9. The van der Waals surface area contributed by atoms with Gasteiger partial charge in [-0.1, -0.05) is 24.6 Å². The number of nitrogens with one attached hydrogen (secondary N) is 2. The van der Waals surface area contributed by atoms with E-state index in [0.29, 0.717) is 32.6 Å². The number of ether oxygens (including phenoxy) is 2. The van der Waals surface area contributed by atoms with Crippen molar-refractivity contribution >= 4 is 11.8 Å². The van der Waals surface area contributed by atoms with Gasteiger partial charge in [0.1, 0.15) is 6.04 Å². The van der Waals surface area contributed by atoms with E-state index in [4.69, 9.17) is 9.47 Å². The number of carbonyl (C=O) groups excluding carboxylic acids is 2. The van der Waals surface area contributed by atoms with E-state index in [1.54, 1.807) is 0 Å². The summed E-state index contributed by atoms with van der Waals surface area (Å²) in [5.74, 6) is -0.886. The maximum Gasteiger partial charge on any atom is 0.242 e. The zero-order valence-corrected chi connectivity index (χ0v) is 14.0. The number of hydrogen-bond acceptors (Lipinski definition) is 4. The predicted octanol–water partition coefficient (Wildman–Crippen LogP) is 1.58. The lowest BCUT2D eigenvalue weighted by Crippen LogP contribution is -2.45. The molecule has 2 aliphatic rings. The van der Waals surface area contributed by atoms with Crippen molar-refractivity contribution in [3.63, 3.8) is 0 Å². The highest BCUT2D eigenvalue weighted by atomic mass is 16.7. The van der Waals surface area contributed by atoms with Crippen molar-refractivity contribution in [2.45, 2.75) is 51.0 Å². The summed E-state index contributed by atoms with van der Waals surface area (Å²) in [6.45, 7) is 3.48. The number of benzene rings is 1. The third-order valence-electron chi connectivity index (χ3n) is 4.55. The molecule has 1 aromatic carbocycles. The molecule has 6 heteroatoms. The van der Waals surface area contributed by atoms with E-state index in [1.165, 1.54) is 0 Å². The van der Waals surface area contributed by atoms with Crippen molar-refractivity contribution < 1.29 is 19.1 Å². The minimum atomic E-state index is -0.713. The largest absolute Gasteiger partial charge is 0.350 e. The molecule has 0 aliphatic carbocycles. The Kier molecular flexibility index (Phi) is 5.16. The van der Waals surface area contributed by atoms with Crippen LogP contribution in [0.3, 0.4) is 0 Å². The van der Waals surface area contributed by atoms with Crippen LogP contribution < -0.4 is 10.6 Å². The molecule has 0 saturated carbocycles. The van der Waals surface area contributed by atoms with Gasteiger partial charge in [0.25, 0.3) is 0 Å². The van der Waals surface area contributed by atoms with E-state index in [2.05, 4.69) is 10.6 Å². The standard InChI is InChI=1S/C18H24N2O4/c1-18(23-9-10-24-18)14-6-4-5-13(11-14)12-19-17(22)15-7-2-3-8-16(21)20-15/h4-6,11,15H,2-3,7-10,12H2,1H3,(H,19,22)(H,20,21)/t15-/m1/s1. The van der Waals surface area contributed by atoms with Crippen LogP contribution in [0, 0.1) is 0 Å². The summed E-state index contributed by atoms with van der Waals surface area (Å²) >= 11 is 0. The van der Waals surface area contributed by atoms with Crippen molar-refractivity contribution in [1.82, 2.24) is 10.6 Å². The Balaban J connectivity index is 1.60. The first-order valence-corrected chi connectivity index (χ1v) is 8.51. The minimum Gasteiger partial charge on any atom is -0.350 e. The number of carbonyl (C=O) groups is 2. The number of hydrogen-bond donors (Lipinski definition) is 2. The lowest BCUT2D eigenvalue weighted by Gasteiger charge is -2.23. The van der Waals surface area contributed by atoms with Gasteiger partial charge in [0, 0.05) is 18.5 Å². The lowest BCUT2D eigenvalue weighted by molar-refractivity contribution is -0.149. The smallest absolute Gasteiger partial charge is 0.242 e. The fourth-order valence-electron chi connectivity index (χ4n) is 3.13. The Morgan fingerprint density at radius 2 is 2.12 bits per heavy atom. The molecule has 2 fully saturated rings. The van der Waals surface area contributed by atoms with Crippen LogP contribution in [-0.4, -0.2) is 31.1 Å². The summed E-state index contributed by atoms with van der Waals surface area (Å²) < 4.78 is 11.3. The van der Waals surface area contributed by atoms with E-state index >= 15 is 0 Å². The Bertz CT molecular complexity index is 611. The molecule has 0 unspecified atom stereocenters. The van der Waals surface area contributed by atoms with E-state index in [1.807, 2.05) is 31.2 Å². The fourth-order valence-corrected chi connectivity index (χ4v) is 3.13. The highest BCUT2D eigenvalue weighted by molar-refractivity contribution is 5.87. The summed E-state index contributed by atoms with van der Waals surface area (Å²) in [5.41, 5.74) is 1.91. The van der Waals surface area contributed by atoms with Crippen molar-refractivity contribution in [3.8, 4) is 0 Å². The molecule has 2 N–H and O–H groups in total.